The van der Waals surface area contributed by atoms with Crippen molar-refractivity contribution in [1.82, 2.24) is 14.5 Å². The Labute approximate surface area is 141 Å². The van der Waals surface area contributed by atoms with E-state index in [1.807, 2.05) is 12.3 Å². The maximum Gasteiger partial charge on any atom is 0.120 e. The summed E-state index contributed by atoms with van der Waals surface area (Å²) in [4.78, 5) is 6.98. The van der Waals surface area contributed by atoms with Crippen molar-refractivity contribution in [3.63, 3.8) is 0 Å². The number of pyridine rings is 1. The van der Waals surface area contributed by atoms with Gasteiger partial charge in [-0.1, -0.05) is 0 Å². The van der Waals surface area contributed by atoms with Crippen molar-refractivity contribution in [2.45, 2.75) is 13.5 Å². The largest absolute Gasteiger partial charge is 0.497 e. The molecule has 1 saturated heterocycles. The number of hydrogen-bond donors (Lipinski definition) is 0. The van der Waals surface area contributed by atoms with Gasteiger partial charge in [0, 0.05) is 49.2 Å². The summed E-state index contributed by atoms with van der Waals surface area (Å²) >= 11 is 0. The zero-order valence-corrected chi connectivity index (χ0v) is 14.3. The number of nitrogens with zero attached hydrogens (tertiary/aromatic N) is 3. The minimum Gasteiger partial charge on any atom is -0.497 e. The Bertz CT molecular complexity index is 866. The fraction of sp³-hybridized carbons (Fsp3) is 0.421. The van der Waals surface area contributed by atoms with E-state index in [-0.39, 0.29) is 0 Å². The van der Waals surface area contributed by atoms with E-state index in [0.717, 1.165) is 50.8 Å². The molecule has 1 fully saturated rings. The van der Waals surface area contributed by atoms with Gasteiger partial charge in [0.2, 0.25) is 0 Å². The van der Waals surface area contributed by atoms with Crippen LogP contribution in [0.5, 0.6) is 5.75 Å². The van der Waals surface area contributed by atoms with E-state index in [1.54, 1.807) is 7.11 Å². The summed E-state index contributed by atoms with van der Waals surface area (Å²) in [5.74, 6) is 0.892. The summed E-state index contributed by atoms with van der Waals surface area (Å²) in [6.07, 6.45) is 1.90. The Kier molecular flexibility index (Phi) is 4.12. The highest BCUT2D eigenvalue weighted by molar-refractivity contribution is 6.09. The fourth-order valence-corrected chi connectivity index (χ4v) is 3.63. The van der Waals surface area contributed by atoms with Crippen LogP contribution in [0, 0.1) is 6.92 Å². The summed E-state index contributed by atoms with van der Waals surface area (Å²) in [6, 6.07) is 8.43. The van der Waals surface area contributed by atoms with Gasteiger partial charge in [0.1, 0.15) is 5.75 Å². The Hall–Kier alpha value is -2.11. The van der Waals surface area contributed by atoms with Crippen molar-refractivity contribution in [3.05, 3.63) is 36.2 Å². The average Bonchev–Trinajstić information content (AvgIpc) is 2.95. The van der Waals surface area contributed by atoms with Crippen LogP contribution in [0.15, 0.2) is 30.5 Å². The third kappa shape index (κ3) is 2.64. The molecule has 3 heterocycles. The van der Waals surface area contributed by atoms with Crippen molar-refractivity contribution >= 4 is 21.8 Å². The number of methoxy groups -OCH3 is 1. The maximum atomic E-state index is 5.45. The highest BCUT2D eigenvalue weighted by atomic mass is 16.5. The van der Waals surface area contributed by atoms with Gasteiger partial charge in [0.15, 0.2) is 0 Å². The fourth-order valence-electron chi connectivity index (χ4n) is 3.63. The summed E-state index contributed by atoms with van der Waals surface area (Å²) < 4.78 is 13.3. The Balaban J connectivity index is 1.80. The van der Waals surface area contributed by atoms with Gasteiger partial charge in [-0.05, 0) is 25.1 Å². The molecule has 2 aromatic heterocycles. The van der Waals surface area contributed by atoms with Gasteiger partial charge >= 0.3 is 0 Å². The molecule has 126 valence electrons. The first-order valence-corrected chi connectivity index (χ1v) is 8.49. The molecule has 0 bridgehead atoms. The highest BCUT2D eigenvalue weighted by Gasteiger charge is 2.16. The van der Waals surface area contributed by atoms with Gasteiger partial charge in [-0.3, -0.25) is 9.88 Å². The quantitative estimate of drug-likeness (QED) is 0.739. The number of ether oxygens (including phenoxy) is 2. The minimum absolute atomic E-state index is 0.835. The van der Waals surface area contributed by atoms with Crippen LogP contribution in [0.3, 0.4) is 0 Å². The molecule has 0 saturated carbocycles. The van der Waals surface area contributed by atoms with Crippen molar-refractivity contribution < 1.29 is 9.47 Å². The molecule has 1 aromatic carbocycles. The van der Waals surface area contributed by atoms with Gasteiger partial charge in [0.25, 0.3) is 0 Å². The topological polar surface area (TPSA) is 39.5 Å². The molecule has 5 nitrogen and oxygen atoms in total. The van der Waals surface area contributed by atoms with Crippen LogP contribution < -0.4 is 4.74 Å². The second-order valence-corrected chi connectivity index (χ2v) is 6.28. The molecule has 4 rings (SSSR count). The molecule has 0 N–H and O–H groups in total. The van der Waals surface area contributed by atoms with Crippen LogP contribution in [-0.4, -0.2) is 54.4 Å². The average molecular weight is 325 g/mol. The zero-order chi connectivity index (χ0) is 16.5. The van der Waals surface area contributed by atoms with Gasteiger partial charge < -0.3 is 14.0 Å². The van der Waals surface area contributed by atoms with E-state index < -0.39 is 0 Å². The predicted molar refractivity (Wildman–Crippen MR) is 95.8 cm³/mol. The Morgan fingerprint density at radius 3 is 2.75 bits per heavy atom. The molecule has 1 aliphatic rings. The van der Waals surface area contributed by atoms with Gasteiger partial charge in [-0.15, -0.1) is 0 Å². The molecule has 0 radical (unpaired) electrons. The molecule has 5 heteroatoms. The molecule has 24 heavy (non-hydrogen) atoms. The number of rotatable bonds is 4. The molecule has 0 spiro atoms. The Morgan fingerprint density at radius 1 is 1.12 bits per heavy atom. The normalized spacial score (nSPS) is 16.1. The number of aromatic nitrogens is 2. The summed E-state index contributed by atoms with van der Waals surface area (Å²) in [6.45, 7) is 7.75. The molecule has 3 aromatic rings. The molecule has 0 atom stereocenters. The van der Waals surface area contributed by atoms with E-state index in [4.69, 9.17) is 9.47 Å². The monoisotopic (exact) mass is 325 g/mol. The minimum atomic E-state index is 0.835. The standard InChI is InChI=1S/C19H23N3O2/c1-14-19-17(5-6-20-14)16-4-3-15(23-2)13-18(16)22(19)8-7-21-9-11-24-12-10-21/h3-6,13H,7-12H2,1-2H3. The predicted octanol–water partition coefficient (Wildman–Crippen LogP) is 2.84. The number of aryl methyl sites for hydroxylation is 1. The smallest absolute Gasteiger partial charge is 0.120 e. The van der Waals surface area contributed by atoms with Gasteiger partial charge in [0.05, 0.1) is 37.1 Å². The lowest BCUT2D eigenvalue weighted by atomic mass is 10.1. The number of morpholine rings is 1. The van der Waals surface area contributed by atoms with E-state index in [0.29, 0.717) is 0 Å². The van der Waals surface area contributed by atoms with Gasteiger partial charge in [-0.2, -0.15) is 0 Å². The molecular weight excluding hydrogens is 302 g/mol. The first-order chi connectivity index (χ1) is 11.8. The Morgan fingerprint density at radius 2 is 1.96 bits per heavy atom. The van der Waals surface area contributed by atoms with Crippen molar-refractivity contribution in [1.29, 1.82) is 0 Å². The lowest BCUT2D eigenvalue weighted by Crippen LogP contribution is -2.38. The van der Waals surface area contributed by atoms with E-state index in [1.165, 1.54) is 21.8 Å². The third-order valence-corrected chi connectivity index (χ3v) is 4.91. The number of hydrogen-bond acceptors (Lipinski definition) is 4. The van der Waals surface area contributed by atoms with Crippen LogP contribution in [0.4, 0.5) is 0 Å². The van der Waals surface area contributed by atoms with E-state index >= 15 is 0 Å². The molecule has 0 amide bonds. The van der Waals surface area contributed by atoms with Gasteiger partial charge in [-0.25, -0.2) is 0 Å². The lowest BCUT2D eigenvalue weighted by Gasteiger charge is -2.27. The van der Waals surface area contributed by atoms with Crippen LogP contribution >= 0.6 is 0 Å². The number of benzene rings is 1. The highest BCUT2D eigenvalue weighted by Crippen LogP contribution is 2.32. The maximum absolute atomic E-state index is 5.45. The first kappa shape index (κ1) is 15.4. The second-order valence-electron chi connectivity index (χ2n) is 6.28. The van der Waals surface area contributed by atoms with Crippen molar-refractivity contribution in [2.24, 2.45) is 0 Å². The van der Waals surface area contributed by atoms with E-state index in [2.05, 4.69) is 39.6 Å². The van der Waals surface area contributed by atoms with Crippen molar-refractivity contribution in [3.8, 4) is 5.75 Å². The number of fused-ring (bicyclic) bond motifs is 3. The van der Waals surface area contributed by atoms with Crippen LogP contribution in [0.25, 0.3) is 21.8 Å². The summed E-state index contributed by atoms with van der Waals surface area (Å²) in [5.41, 5.74) is 3.52. The lowest BCUT2D eigenvalue weighted by molar-refractivity contribution is 0.0366. The third-order valence-electron chi connectivity index (χ3n) is 4.91. The SMILES string of the molecule is COc1ccc2c3ccnc(C)c3n(CCN3CCOCC3)c2c1. The second kappa shape index (κ2) is 6.42. The zero-order valence-electron chi connectivity index (χ0n) is 14.3. The first-order valence-electron chi connectivity index (χ1n) is 8.49. The molecule has 0 unspecified atom stereocenters. The van der Waals surface area contributed by atoms with Crippen LogP contribution in [0.2, 0.25) is 0 Å². The molecular formula is C19H23N3O2. The van der Waals surface area contributed by atoms with Crippen molar-refractivity contribution in [2.75, 3.05) is 40.0 Å². The molecule has 0 aliphatic carbocycles. The van der Waals surface area contributed by atoms with E-state index in [9.17, 15) is 0 Å². The summed E-state index contributed by atoms with van der Waals surface area (Å²) in [5, 5.41) is 2.53. The van der Waals surface area contributed by atoms with Crippen LogP contribution in [0.1, 0.15) is 5.69 Å². The molecule has 1 aliphatic heterocycles. The summed E-state index contributed by atoms with van der Waals surface area (Å²) in [7, 11) is 1.72. The van der Waals surface area contributed by atoms with Crippen LogP contribution in [-0.2, 0) is 11.3 Å².